The molecule has 3 heterocycles. The Balaban J connectivity index is 1.12. The Bertz CT molecular complexity index is 1410. The minimum absolute atomic E-state index is 0.171. The molecule has 2 aromatic carbocycles. The zero-order valence-electron chi connectivity index (χ0n) is 20.8. The summed E-state index contributed by atoms with van der Waals surface area (Å²) in [6.45, 7) is 5.39. The van der Waals surface area contributed by atoms with Crippen molar-refractivity contribution in [2.45, 2.75) is 13.1 Å². The summed E-state index contributed by atoms with van der Waals surface area (Å²) in [7, 11) is 0. The summed E-state index contributed by atoms with van der Waals surface area (Å²) in [4.78, 5) is 24.0. The SMILES string of the molecule is Cc1nc(N2CCOCC2)c(-c2ccc(C(=O)NCCOc3ccc(-c4noc(C(F)(F)F)n4)cc3)cc2)s1. The van der Waals surface area contributed by atoms with E-state index in [0.717, 1.165) is 34.4 Å². The number of aromatic nitrogens is 3. The quantitative estimate of drug-likeness (QED) is 0.306. The van der Waals surface area contributed by atoms with Gasteiger partial charge in [0, 0.05) is 24.2 Å². The van der Waals surface area contributed by atoms with Crippen LogP contribution in [0.2, 0.25) is 0 Å². The molecule has 0 atom stereocenters. The number of morpholine rings is 1. The fourth-order valence-electron chi connectivity index (χ4n) is 3.96. The molecule has 1 fully saturated rings. The van der Waals surface area contributed by atoms with Crippen molar-refractivity contribution >= 4 is 23.1 Å². The van der Waals surface area contributed by atoms with E-state index in [2.05, 4.69) is 24.9 Å². The number of hydrogen-bond acceptors (Lipinski definition) is 9. The molecule has 1 aliphatic rings. The first-order chi connectivity index (χ1) is 18.8. The Morgan fingerprint density at radius 3 is 2.41 bits per heavy atom. The number of aryl methyl sites for hydroxylation is 1. The van der Waals surface area contributed by atoms with Gasteiger partial charge in [-0.05, 0) is 48.9 Å². The van der Waals surface area contributed by atoms with E-state index in [-0.39, 0.29) is 24.9 Å². The number of amides is 1. The Kier molecular flexibility index (Phi) is 7.79. The van der Waals surface area contributed by atoms with Crippen LogP contribution < -0.4 is 15.0 Å². The van der Waals surface area contributed by atoms with Crippen molar-refractivity contribution in [2.75, 3.05) is 44.4 Å². The zero-order chi connectivity index (χ0) is 27.4. The normalized spacial score (nSPS) is 13.9. The molecular formula is C26H24F3N5O4S. The van der Waals surface area contributed by atoms with Gasteiger partial charge in [-0.2, -0.15) is 18.2 Å². The number of rotatable bonds is 8. The molecule has 1 amide bonds. The molecule has 2 aromatic heterocycles. The van der Waals surface area contributed by atoms with Crippen LogP contribution in [0.1, 0.15) is 21.3 Å². The summed E-state index contributed by atoms with van der Waals surface area (Å²) in [6.07, 6.45) is -4.70. The van der Waals surface area contributed by atoms with Gasteiger partial charge in [-0.15, -0.1) is 11.3 Å². The summed E-state index contributed by atoms with van der Waals surface area (Å²) < 4.78 is 53.2. The number of ether oxygens (including phenoxy) is 2. The molecular weight excluding hydrogens is 535 g/mol. The highest BCUT2D eigenvalue weighted by Gasteiger charge is 2.38. The lowest BCUT2D eigenvalue weighted by Crippen LogP contribution is -2.36. The van der Waals surface area contributed by atoms with Crippen molar-refractivity contribution in [3.63, 3.8) is 0 Å². The number of nitrogens with zero attached hydrogens (tertiary/aromatic N) is 4. The second-order valence-electron chi connectivity index (χ2n) is 8.61. The fourth-order valence-corrected chi connectivity index (χ4v) is 4.91. The molecule has 9 nitrogen and oxygen atoms in total. The monoisotopic (exact) mass is 559 g/mol. The molecule has 1 saturated heterocycles. The topological polar surface area (TPSA) is 103 Å². The van der Waals surface area contributed by atoms with Crippen LogP contribution in [0.15, 0.2) is 53.1 Å². The number of carbonyl (C=O) groups is 1. The first-order valence-corrected chi connectivity index (χ1v) is 12.9. The molecule has 0 unspecified atom stereocenters. The molecule has 0 spiro atoms. The number of hydrogen-bond donors (Lipinski definition) is 1. The molecule has 0 aliphatic carbocycles. The molecule has 1 N–H and O–H groups in total. The van der Waals surface area contributed by atoms with Crippen molar-refractivity contribution in [1.29, 1.82) is 0 Å². The van der Waals surface area contributed by atoms with E-state index in [1.54, 1.807) is 35.6 Å². The van der Waals surface area contributed by atoms with Gasteiger partial charge in [-0.1, -0.05) is 17.3 Å². The van der Waals surface area contributed by atoms with E-state index < -0.39 is 12.1 Å². The summed E-state index contributed by atoms with van der Waals surface area (Å²) in [6, 6.07) is 13.6. The third-order valence-electron chi connectivity index (χ3n) is 5.87. The second kappa shape index (κ2) is 11.4. The lowest BCUT2D eigenvalue weighted by atomic mass is 10.1. The Labute approximate surface area is 225 Å². The van der Waals surface area contributed by atoms with E-state index in [1.807, 2.05) is 19.1 Å². The van der Waals surface area contributed by atoms with Gasteiger partial charge in [0.2, 0.25) is 5.82 Å². The summed E-state index contributed by atoms with van der Waals surface area (Å²) in [5, 5.41) is 7.15. The van der Waals surface area contributed by atoms with Gasteiger partial charge >= 0.3 is 12.1 Å². The third-order valence-corrected chi connectivity index (χ3v) is 6.88. The van der Waals surface area contributed by atoms with Crippen molar-refractivity contribution in [3.8, 4) is 27.6 Å². The number of alkyl halides is 3. The standard InChI is InChI=1S/C26H24F3N5O4S/c1-16-31-23(34-11-14-36-15-12-34)21(39-16)17-2-4-19(5-3-17)24(35)30-10-13-37-20-8-6-18(7-9-20)22-32-25(38-33-22)26(27,28)29/h2-9H,10-15H2,1H3,(H,30,35). The first-order valence-electron chi connectivity index (χ1n) is 12.1. The molecule has 5 rings (SSSR count). The maximum Gasteiger partial charge on any atom is 0.471 e. The van der Waals surface area contributed by atoms with Gasteiger partial charge in [0.1, 0.15) is 18.2 Å². The van der Waals surface area contributed by atoms with Crippen LogP contribution in [0.3, 0.4) is 0 Å². The van der Waals surface area contributed by atoms with Crippen LogP contribution in [-0.4, -0.2) is 60.5 Å². The van der Waals surface area contributed by atoms with Gasteiger partial charge < -0.3 is 24.2 Å². The van der Waals surface area contributed by atoms with Gasteiger partial charge in [0.05, 0.1) is 29.6 Å². The van der Waals surface area contributed by atoms with Crippen LogP contribution in [0, 0.1) is 6.92 Å². The van der Waals surface area contributed by atoms with Crippen LogP contribution in [-0.2, 0) is 10.9 Å². The Morgan fingerprint density at radius 2 is 1.74 bits per heavy atom. The average Bonchev–Trinajstić information content (AvgIpc) is 3.60. The number of carbonyl (C=O) groups excluding carboxylic acids is 1. The van der Waals surface area contributed by atoms with Crippen molar-refractivity contribution in [2.24, 2.45) is 0 Å². The van der Waals surface area contributed by atoms with Crippen molar-refractivity contribution in [3.05, 3.63) is 65.0 Å². The summed E-state index contributed by atoms with van der Waals surface area (Å²) >= 11 is 1.62. The smallest absolute Gasteiger partial charge is 0.471 e. The van der Waals surface area contributed by atoms with E-state index >= 15 is 0 Å². The first kappa shape index (κ1) is 26.6. The van der Waals surface area contributed by atoms with E-state index in [9.17, 15) is 18.0 Å². The lowest BCUT2D eigenvalue weighted by Gasteiger charge is -2.27. The van der Waals surface area contributed by atoms with E-state index in [4.69, 9.17) is 14.5 Å². The highest BCUT2D eigenvalue weighted by atomic mass is 32.1. The fraction of sp³-hybridized carbons (Fsp3) is 0.308. The van der Waals surface area contributed by atoms with E-state index in [0.29, 0.717) is 30.1 Å². The molecule has 0 radical (unpaired) electrons. The zero-order valence-corrected chi connectivity index (χ0v) is 21.6. The average molecular weight is 560 g/mol. The van der Waals surface area contributed by atoms with Crippen LogP contribution in [0.5, 0.6) is 5.75 Å². The molecule has 204 valence electrons. The largest absolute Gasteiger partial charge is 0.492 e. The minimum atomic E-state index is -4.70. The molecule has 39 heavy (non-hydrogen) atoms. The molecule has 0 saturated carbocycles. The van der Waals surface area contributed by atoms with Crippen molar-refractivity contribution in [1.82, 2.24) is 20.4 Å². The predicted molar refractivity (Wildman–Crippen MR) is 138 cm³/mol. The molecule has 1 aliphatic heterocycles. The predicted octanol–water partition coefficient (Wildman–Crippen LogP) is 4.83. The summed E-state index contributed by atoms with van der Waals surface area (Å²) in [5.74, 6) is -0.374. The maximum atomic E-state index is 12.6. The van der Waals surface area contributed by atoms with Gasteiger partial charge in [-0.25, -0.2) is 4.98 Å². The van der Waals surface area contributed by atoms with Crippen LogP contribution >= 0.6 is 11.3 Å². The molecule has 13 heteroatoms. The van der Waals surface area contributed by atoms with Crippen molar-refractivity contribution < 1.29 is 32.0 Å². The number of thiazole rings is 1. The maximum absolute atomic E-state index is 12.6. The van der Waals surface area contributed by atoms with Crippen LogP contribution in [0.4, 0.5) is 19.0 Å². The van der Waals surface area contributed by atoms with Crippen LogP contribution in [0.25, 0.3) is 21.8 Å². The van der Waals surface area contributed by atoms with Gasteiger partial charge in [0.15, 0.2) is 0 Å². The minimum Gasteiger partial charge on any atom is -0.492 e. The Hall–Kier alpha value is -3.97. The van der Waals surface area contributed by atoms with E-state index in [1.165, 1.54) is 12.1 Å². The number of benzene rings is 2. The number of nitrogens with one attached hydrogen (secondary N) is 1. The van der Waals surface area contributed by atoms with Gasteiger partial charge in [-0.3, -0.25) is 4.79 Å². The highest BCUT2D eigenvalue weighted by Crippen LogP contribution is 2.36. The Morgan fingerprint density at radius 1 is 1.05 bits per heavy atom. The number of halogens is 3. The molecule has 4 aromatic rings. The lowest BCUT2D eigenvalue weighted by molar-refractivity contribution is -0.159. The third kappa shape index (κ3) is 6.37. The summed E-state index contributed by atoms with van der Waals surface area (Å²) in [5.41, 5.74) is 1.88. The second-order valence-corrected chi connectivity index (χ2v) is 9.82. The number of anilines is 1. The molecule has 0 bridgehead atoms. The van der Waals surface area contributed by atoms with Gasteiger partial charge in [0.25, 0.3) is 5.91 Å². The highest BCUT2D eigenvalue weighted by molar-refractivity contribution is 7.15.